The lowest BCUT2D eigenvalue weighted by atomic mass is 9.65. The number of aryl methyl sites for hydroxylation is 1. The minimum Gasteiger partial charge on any atom is -0.418 e. The fourth-order valence-corrected chi connectivity index (χ4v) is 3.29. The zero-order chi connectivity index (χ0) is 21.6. The van der Waals surface area contributed by atoms with Crippen LogP contribution < -0.4 is 0 Å². The maximum atomic E-state index is 15.0. The molecule has 28 heavy (non-hydrogen) atoms. The van der Waals surface area contributed by atoms with Gasteiger partial charge in [-0.05, 0) is 33.3 Å². The second-order valence-corrected chi connectivity index (χ2v) is 7.11. The van der Waals surface area contributed by atoms with Crippen molar-refractivity contribution >= 4 is 11.5 Å². The normalized spacial score (nSPS) is 18.1. The highest BCUT2D eigenvalue weighted by Gasteiger charge is 2.50. The van der Waals surface area contributed by atoms with Gasteiger partial charge in [0.2, 0.25) is 5.71 Å². The first-order chi connectivity index (χ1) is 13.0. The molecule has 0 aliphatic carbocycles. The third kappa shape index (κ3) is 5.03. The fourth-order valence-electron chi connectivity index (χ4n) is 3.29. The molecule has 0 fully saturated rings. The summed E-state index contributed by atoms with van der Waals surface area (Å²) in [5.41, 5.74) is -1.07. The van der Waals surface area contributed by atoms with Gasteiger partial charge in [-0.2, -0.15) is 0 Å². The minimum absolute atomic E-state index is 0.356. The van der Waals surface area contributed by atoms with Crippen LogP contribution in [-0.4, -0.2) is 28.3 Å². The first-order valence-electron chi connectivity index (χ1n) is 8.81. The van der Waals surface area contributed by atoms with Gasteiger partial charge in [-0.25, -0.2) is 8.78 Å². The molecular weight excluding hydrogens is 371 g/mol. The van der Waals surface area contributed by atoms with E-state index < -0.39 is 46.3 Å². The topological polar surface area (TPSA) is 63.4 Å². The number of Topliss-reactive ketones (excluding diaryl/α,β-unsaturated/α-hetero) is 1. The molecule has 0 aromatic heterocycles. The summed E-state index contributed by atoms with van der Waals surface area (Å²) < 4.78 is 42.8. The highest BCUT2D eigenvalue weighted by molar-refractivity contribution is 5.92. The lowest BCUT2D eigenvalue weighted by Crippen LogP contribution is -2.43. The first kappa shape index (κ1) is 23.5. The Morgan fingerprint density at radius 2 is 1.82 bits per heavy atom. The third-order valence-corrected chi connectivity index (χ3v) is 5.01. The van der Waals surface area contributed by atoms with Crippen LogP contribution in [0.5, 0.6) is 0 Å². The highest BCUT2D eigenvalue weighted by Crippen LogP contribution is 2.46. The van der Waals surface area contributed by atoms with Crippen LogP contribution in [0.25, 0.3) is 0 Å². The molecule has 3 atom stereocenters. The van der Waals surface area contributed by atoms with Gasteiger partial charge in [0.25, 0.3) is 0 Å². The first-order valence-corrected chi connectivity index (χ1v) is 8.81. The molecular formula is C21H26F3NO3. The van der Waals surface area contributed by atoms with E-state index in [9.17, 15) is 28.4 Å². The van der Waals surface area contributed by atoms with Crippen molar-refractivity contribution in [1.82, 2.24) is 0 Å². The Balaban J connectivity index is 3.78. The molecule has 4 nitrogen and oxygen atoms in total. The molecule has 1 aromatic rings. The van der Waals surface area contributed by atoms with Crippen LogP contribution in [-0.2, 0) is 4.79 Å². The van der Waals surface area contributed by atoms with E-state index in [0.29, 0.717) is 11.6 Å². The number of allylic oxidation sites excluding steroid dienone is 4. The second-order valence-electron chi connectivity index (χ2n) is 7.11. The van der Waals surface area contributed by atoms with Crippen molar-refractivity contribution in [1.29, 1.82) is 0 Å². The molecule has 0 saturated heterocycles. The van der Waals surface area contributed by atoms with Crippen LogP contribution in [0.4, 0.5) is 13.2 Å². The Morgan fingerprint density at radius 1 is 1.29 bits per heavy atom. The van der Waals surface area contributed by atoms with Gasteiger partial charge in [0.1, 0.15) is 24.1 Å². The van der Waals surface area contributed by atoms with Crippen molar-refractivity contribution in [2.24, 2.45) is 11.3 Å². The fraction of sp³-hybridized carbons (Fsp3) is 0.429. The molecule has 0 heterocycles. The van der Waals surface area contributed by atoms with E-state index >= 15 is 0 Å². The van der Waals surface area contributed by atoms with Gasteiger partial charge in [0, 0.05) is 17.9 Å². The average molecular weight is 397 g/mol. The molecule has 3 unspecified atom stereocenters. The van der Waals surface area contributed by atoms with E-state index in [0.717, 1.165) is 18.6 Å². The molecule has 0 saturated carbocycles. The van der Waals surface area contributed by atoms with Crippen LogP contribution in [0.1, 0.15) is 44.7 Å². The van der Waals surface area contributed by atoms with E-state index in [1.807, 2.05) is 6.92 Å². The summed E-state index contributed by atoms with van der Waals surface area (Å²) >= 11 is 0. The Bertz CT molecular complexity index is 796. The maximum absolute atomic E-state index is 15.0. The Hall–Kier alpha value is -2.57. The molecule has 0 amide bonds. The lowest BCUT2D eigenvalue weighted by molar-refractivity contribution is -0.728. The third-order valence-electron chi connectivity index (χ3n) is 5.01. The standard InChI is InChI=1S/C21H26F3NO3/c1-6-17(23)11-18(24)21(5,12-22)20(14(3)25(27)28)19(15(4)26)16-9-7-13(2)8-10-16/h6-11,19-20H,12H2,1-5H3,(H,27,28)/b17-6+,18-11+. The van der Waals surface area contributed by atoms with Crippen molar-refractivity contribution < 1.29 is 28.1 Å². The molecule has 0 aliphatic heterocycles. The van der Waals surface area contributed by atoms with E-state index in [2.05, 4.69) is 0 Å². The number of carbonyl (C=O) groups excluding carboxylic acids is 1. The average Bonchev–Trinajstić information content (AvgIpc) is 2.65. The van der Waals surface area contributed by atoms with Crippen molar-refractivity contribution in [2.75, 3.05) is 6.67 Å². The zero-order valence-electron chi connectivity index (χ0n) is 16.7. The number of hydrogen-bond acceptors (Lipinski definition) is 3. The Labute approximate surface area is 163 Å². The number of alkyl halides is 1. The van der Waals surface area contributed by atoms with Gasteiger partial charge >= 0.3 is 0 Å². The van der Waals surface area contributed by atoms with Crippen molar-refractivity contribution in [3.63, 3.8) is 0 Å². The summed E-state index contributed by atoms with van der Waals surface area (Å²) in [5.74, 6) is -5.06. The molecule has 0 radical (unpaired) electrons. The lowest BCUT2D eigenvalue weighted by Gasteiger charge is -2.36. The molecule has 7 heteroatoms. The van der Waals surface area contributed by atoms with Gasteiger partial charge in [0.15, 0.2) is 0 Å². The summed E-state index contributed by atoms with van der Waals surface area (Å²) in [6.07, 6.45) is 1.52. The van der Waals surface area contributed by atoms with Crippen LogP contribution in [0, 0.1) is 23.5 Å². The zero-order valence-corrected chi connectivity index (χ0v) is 16.7. The smallest absolute Gasteiger partial charge is 0.223 e. The molecule has 154 valence electrons. The Morgan fingerprint density at radius 3 is 2.21 bits per heavy atom. The summed E-state index contributed by atoms with van der Waals surface area (Å²) in [5, 5.41) is 21.1. The summed E-state index contributed by atoms with van der Waals surface area (Å²) in [6, 6.07) is 6.70. The van der Waals surface area contributed by atoms with E-state index in [1.54, 1.807) is 24.3 Å². The van der Waals surface area contributed by atoms with Crippen molar-refractivity contribution in [3.8, 4) is 0 Å². The van der Waals surface area contributed by atoms with Crippen LogP contribution in [0.2, 0.25) is 0 Å². The van der Waals surface area contributed by atoms with Crippen molar-refractivity contribution in [3.05, 3.63) is 64.4 Å². The van der Waals surface area contributed by atoms with Gasteiger partial charge in [0.05, 0.1) is 17.3 Å². The summed E-state index contributed by atoms with van der Waals surface area (Å²) in [4.78, 5) is 12.0. The number of hydrogen-bond donors (Lipinski definition) is 1. The maximum Gasteiger partial charge on any atom is 0.223 e. The second kappa shape index (κ2) is 9.57. The van der Waals surface area contributed by atoms with Crippen LogP contribution in [0.15, 0.2) is 48.1 Å². The van der Waals surface area contributed by atoms with E-state index in [-0.39, 0.29) is 5.71 Å². The largest absolute Gasteiger partial charge is 0.418 e. The van der Waals surface area contributed by atoms with Gasteiger partial charge in [-0.15, -0.1) is 0 Å². The van der Waals surface area contributed by atoms with Gasteiger partial charge < -0.3 is 5.21 Å². The molecule has 0 spiro atoms. The highest BCUT2D eigenvalue weighted by atomic mass is 19.1. The number of benzene rings is 1. The predicted molar refractivity (Wildman–Crippen MR) is 102 cm³/mol. The predicted octanol–water partition coefficient (Wildman–Crippen LogP) is 5.35. The monoisotopic (exact) mass is 397 g/mol. The number of rotatable bonds is 8. The SMILES string of the molecule is C/C=C(F)\C=C(\F)C(C)(CF)C(/C(C)=[N+](\[O-])O)C(C(C)=O)c1ccc(C)cc1. The van der Waals surface area contributed by atoms with Crippen LogP contribution >= 0.6 is 0 Å². The summed E-state index contributed by atoms with van der Waals surface area (Å²) in [7, 11) is 0. The summed E-state index contributed by atoms with van der Waals surface area (Å²) in [6.45, 7) is 5.45. The van der Waals surface area contributed by atoms with Crippen molar-refractivity contribution in [2.45, 2.75) is 40.5 Å². The number of nitrogens with zero attached hydrogens (tertiary/aromatic N) is 1. The molecule has 1 N–H and O–H groups in total. The van der Waals surface area contributed by atoms with Gasteiger partial charge in [-0.1, -0.05) is 35.9 Å². The van der Waals surface area contributed by atoms with E-state index in [4.69, 9.17) is 0 Å². The minimum atomic E-state index is -2.06. The molecule has 0 aliphatic rings. The number of ketones is 1. The molecule has 0 bridgehead atoms. The van der Waals surface area contributed by atoms with E-state index in [1.165, 1.54) is 20.8 Å². The molecule has 1 rings (SSSR count). The number of carbonyl (C=O) groups is 1. The quantitative estimate of drug-likeness (QED) is 0.212. The Kier molecular flexibility index (Phi) is 8.02. The molecule has 1 aromatic carbocycles. The van der Waals surface area contributed by atoms with Gasteiger partial charge in [-0.3, -0.25) is 14.4 Å². The van der Waals surface area contributed by atoms with Crippen LogP contribution in [0.3, 0.4) is 0 Å². The number of halogens is 3.